The minimum Gasteiger partial charge on any atom is -0.457 e. The van der Waals surface area contributed by atoms with Crippen LogP contribution in [0.15, 0.2) is 42.7 Å². The maximum absolute atomic E-state index is 11.8. The van der Waals surface area contributed by atoms with Crippen molar-refractivity contribution in [3.63, 3.8) is 0 Å². The second-order valence-electron chi connectivity index (χ2n) is 4.01. The van der Waals surface area contributed by atoms with Gasteiger partial charge < -0.3 is 10.5 Å². The van der Waals surface area contributed by atoms with E-state index in [2.05, 4.69) is 4.98 Å². The molecular formula is C14H14N2O2. The molecule has 4 nitrogen and oxygen atoms in total. The molecule has 0 aliphatic heterocycles. The Kier molecular flexibility index (Phi) is 3.57. The third-order valence-corrected chi connectivity index (χ3v) is 2.60. The Balaban J connectivity index is 2.02. The number of nitrogen functional groups attached to an aromatic ring is 1. The Hall–Kier alpha value is -2.36. The van der Waals surface area contributed by atoms with Crippen molar-refractivity contribution >= 4 is 11.7 Å². The van der Waals surface area contributed by atoms with E-state index in [1.807, 2.05) is 13.0 Å². The quantitative estimate of drug-likeness (QED) is 0.662. The Labute approximate surface area is 105 Å². The molecule has 4 heteroatoms. The molecule has 0 spiro atoms. The first-order chi connectivity index (χ1) is 8.66. The monoisotopic (exact) mass is 242 g/mol. The number of carbonyl (C=O) groups excluding carboxylic acids is 1. The number of benzene rings is 1. The fourth-order valence-electron chi connectivity index (χ4n) is 1.52. The van der Waals surface area contributed by atoms with Crippen LogP contribution in [0.1, 0.15) is 21.5 Å². The van der Waals surface area contributed by atoms with Crippen LogP contribution < -0.4 is 5.73 Å². The van der Waals surface area contributed by atoms with E-state index in [-0.39, 0.29) is 12.6 Å². The maximum atomic E-state index is 11.8. The van der Waals surface area contributed by atoms with Crippen LogP contribution in [-0.2, 0) is 11.3 Å². The molecule has 92 valence electrons. The Morgan fingerprint density at radius 3 is 2.89 bits per heavy atom. The highest BCUT2D eigenvalue weighted by atomic mass is 16.5. The summed E-state index contributed by atoms with van der Waals surface area (Å²) in [7, 11) is 0. The highest BCUT2D eigenvalue weighted by molar-refractivity contribution is 5.90. The largest absolute Gasteiger partial charge is 0.457 e. The lowest BCUT2D eigenvalue weighted by Gasteiger charge is -2.06. The number of carbonyl (C=O) groups is 1. The van der Waals surface area contributed by atoms with E-state index in [1.54, 1.807) is 36.7 Å². The van der Waals surface area contributed by atoms with Crippen LogP contribution in [0.5, 0.6) is 0 Å². The Morgan fingerprint density at radius 2 is 2.22 bits per heavy atom. The lowest BCUT2D eigenvalue weighted by atomic mass is 10.1. The van der Waals surface area contributed by atoms with Gasteiger partial charge in [-0.25, -0.2) is 4.79 Å². The van der Waals surface area contributed by atoms with Gasteiger partial charge in [-0.1, -0.05) is 6.07 Å². The summed E-state index contributed by atoms with van der Waals surface area (Å²) in [6, 6.07) is 8.75. The lowest BCUT2D eigenvalue weighted by Crippen LogP contribution is -2.06. The van der Waals surface area contributed by atoms with Gasteiger partial charge in [-0.3, -0.25) is 4.98 Å². The van der Waals surface area contributed by atoms with Crippen LogP contribution in [0.2, 0.25) is 0 Å². The van der Waals surface area contributed by atoms with Crippen molar-refractivity contribution in [1.82, 2.24) is 4.98 Å². The normalized spacial score (nSPS) is 10.1. The number of nitrogens with zero attached hydrogens (tertiary/aromatic N) is 1. The summed E-state index contributed by atoms with van der Waals surface area (Å²) in [6.07, 6.45) is 3.34. The molecule has 0 saturated carbocycles. The molecule has 0 atom stereocenters. The number of pyridine rings is 1. The second kappa shape index (κ2) is 5.31. The number of aryl methyl sites for hydroxylation is 1. The van der Waals surface area contributed by atoms with Crippen LogP contribution >= 0.6 is 0 Å². The van der Waals surface area contributed by atoms with Crippen LogP contribution in [0.25, 0.3) is 0 Å². The van der Waals surface area contributed by atoms with Crippen molar-refractivity contribution in [2.75, 3.05) is 5.73 Å². The molecule has 2 rings (SSSR count). The standard InChI is InChI=1S/C14H14N2O2/c1-10-7-12(4-5-13(10)15)14(17)18-9-11-3-2-6-16-8-11/h2-8H,9,15H2,1H3. The summed E-state index contributed by atoms with van der Waals surface area (Å²) in [5.41, 5.74) is 8.59. The molecule has 1 aromatic heterocycles. The molecule has 0 fully saturated rings. The highest BCUT2D eigenvalue weighted by Crippen LogP contribution is 2.14. The number of hydrogen-bond acceptors (Lipinski definition) is 4. The van der Waals surface area contributed by atoms with E-state index in [0.29, 0.717) is 11.3 Å². The van der Waals surface area contributed by atoms with Crippen molar-refractivity contribution in [2.45, 2.75) is 13.5 Å². The average Bonchev–Trinajstić information content (AvgIpc) is 2.40. The molecule has 2 N–H and O–H groups in total. The van der Waals surface area contributed by atoms with E-state index >= 15 is 0 Å². The molecule has 2 aromatic rings. The van der Waals surface area contributed by atoms with Gasteiger partial charge in [-0.15, -0.1) is 0 Å². The van der Waals surface area contributed by atoms with Crippen molar-refractivity contribution < 1.29 is 9.53 Å². The molecule has 0 aliphatic rings. The molecule has 0 aliphatic carbocycles. The molecular weight excluding hydrogens is 228 g/mol. The van der Waals surface area contributed by atoms with E-state index in [9.17, 15) is 4.79 Å². The van der Waals surface area contributed by atoms with E-state index < -0.39 is 0 Å². The maximum Gasteiger partial charge on any atom is 0.338 e. The fourth-order valence-corrected chi connectivity index (χ4v) is 1.52. The zero-order chi connectivity index (χ0) is 13.0. The molecule has 18 heavy (non-hydrogen) atoms. The molecule has 0 unspecified atom stereocenters. The minimum atomic E-state index is -0.359. The summed E-state index contributed by atoms with van der Waals surface area (Å²) < 4.78 is 5.19. The first-order valence-corrected chi connectivity index (χ1v) is 5.59. The summed E-state index contributed by atoms with van der Waals surface area (Å²) in [6.45, 7) is 2.07. The number of rotatable bonds is 3. The SMILES string of the molecule is Cc1cc(C(=O)OCc2cccnc2)ccc1N. The molecule has 0 radical (unpaired) electrons. The molecule has 0 saturated heterocycles. The van der Waals surface area contributed by atoms with Crippen molar-refractivity contribution in [3.05, 3.63) is 59.4 Å². The Bertz CT molecular complexity index is 553. The van der Waals surface area contributed by atoms with Gasteiger partial charge in [0.15, 0.2) is 0 Å². The molecule has 0 bridgehead atoms. The second-order valence-corrected chi connectivity index (χ2v) is 4.01. The summed E-state index contributed by atoms with van der Waals surface area (Å²) >= 11 is 0. The third-order valence-electron chi connectivity index (χ3n) is 2.60. The summed E-state index contributed by atoms with van der Waals surface area (Å²) in [4.78, 5) is 15.8. The van der Waals surface area contributed by atoms with Gasteiger partial charge in [0.25, 0.3) is 0 Å². The summed E-state index contributed by atoms with van der Waals surface area (Å²) in [5, 5.41) is 0. The van der Waals surface area contributed by atoms with Crippen LogP contribution in [0.4, 0.5) is 5.69 Å². The number of esters is 1. The smallest absolute Gasteiger partial charge is 0.338 e. The first kappa shape index (κ1) is 12.1. The predicted octanol–water partition coefficient (Wildman–Crippen LogP) is 2.33. The van der Waals surface area contributed by atoms with Crippen molar-refractivity contribution in [3.8, 4) is 0 Å². The van der Waals surface area contributed by atoms with Crippen LogP contribution in [0.3, 0.4) is 0 Å². The van der Waals surface area contributed by atoms with Gasteiger partial charge in [-0.05, 0) is 36.8 Å². The number of hydrogen-bond donors (Lipinski definition) is 1. The zero-order valence-corrected chi connectivity index (χ0v) is 10.1. The minimum absolute atomic E-state index is 0.218. The van der Waals surface area contributed by atoms with Crippen LogP contribution in [0, 0.1) is 6.92 Å². The topological polar surface area (TPSA) is 65.2 Å². The average molecular weight is 242 g/mol. The first-order valence-electron chi connectivity index (χ1n) is 5.59. The molecule has 1 aromatic carbocycles. The number of nitrogens with two attached hydrogens (primary N) is 1. The summed E-state index contributed by atoms with van der Waals surface area (Å²) in [5.74, 6) is -0.359. The van der Waals surface area contributed by atoms with Crippen LogP contribution in [-0.4, -0.2) is 11.0 Å². The lowest BCUT2D eigenvalue weighted by molar-refractivity contribution is 0.0472. The van der Waals surface area contributed by atoms with Gasteiger partial charge in [0, 0.05) is 23.6 Å². The van der Waals surface area contributed by atoms with Gasteiger partial charge in [-0.2, -0.15) is 0 Å². The van der Waals surface area contributed by atoms with Gasteiger partial charge >= 0.3 is 5.97 Å². The van der Waals surface area contributed by atoms with E-state index in [4.69, 9.17) is 10.5 Å². The van der Waals surface area contributed by atoms with Gasteiger partial charge in [0.2, 0.25) is 0 Å². The third kappa shape index (κ3) is 2.85. The van der Waals surface area contributed by atoms with Crippen molar-refractivity contribution in [2.24, 2.45) is 0 Å². The number of aromatic nitrogens is 1. The molecule has 1 heterocycles. The predicted molar refractivity (Wildman–Crippen MR) is 68.9 cm³/mol. The van der Waals surface area contributed by atoms with Gasteiger partial charge in [0.05, 0.1) is 5.56 Å². The number of anilines is 1. The zero-order valence-electron chi connectivity index (χ0n) is 10.1. The number of ether oxygens (including phenoxy) is 1. The fraction of sp³-hybridized carbons (Fsp3) is 0.143. The van der Waals surface area contributed by atoms with Gasteiger partial charge in [0.1, 0.15) is 6.61 Å². The molecule has 0 amide bonds. The van der Waals surface area contributed by atoms with Crippen molar-refractivity contribution in [1.29, 1.82) is 0 Å². The van der Waals surface area contributed by atoms with E-state index in [1.165, 1.54) is 0 Å². The van der Waals surface area contributed by atoms with E-state index in [0.717, 1.165) is 11.1 Å². The Morgan fingerprint density at radius 1 is 1.39 bits per heavy atom. The highest BCUT2D eigenvalue weighted by Gasteiger charge is 2.08.